The summed E-state index contributed by atoms with van der Waals surface area (Å²) >= 11 is 0. The average molecular weight is 1090 g/mol. The zero-order chi connectivity index (χ0) is 56.4. The maximum Gasteiger partial charge on any atom is 0.306 e. The number of esters is 3. The minimum atomic E-state index is -0.781. The molecular formula is C72H130O6. The van der Waals surface area contributed by atoms with Crippen LogP contribution in [0.4, 0.5) is 0 Å². The van der Waals surface area contributed by atoms with E-state index in [0.29, 0.717) is 19.3 Å². The van der Waals surface area contributed by atoms with Crippen LogP contribution in [0.25, 0.3) is 0 Å². The summed E-state index contributed by atoms with van der Waals surface area (Å²) in [6.07, 6.45) is 85.5. The summed E-state index contributed by atoms with van der Waals surface area (Å²) in [6, 6.07) is 0. The van der Waals surface area contributed by atoms with Gasteiger partial charge in [0.05, 0.1) is 0 Å². The Bertz CT molecular complexity index is 1390. The molecule has 0 saturated heterocycles. The van der Waals surface area contributed by atoms with Crippen LogP contribution in [0, 0.1) is 0 Å². The number of unbranched alkanes of at least 4 members (excludes halogenated alkanes) is 42. The van der Waals surface area contributed by atoms with Gasteiger partial charge in [0.2, 0.25) is 0 Å². The molecule has 0 radical (unpaired) electrons. The predicted molar refractivity (Wildman–Crippen MR) is 339 cm³/mol. The van der Waals surface area contributed by atoms with Gasteiger partial charge in [-0.05, 0) is 77.0 Å². The van der Waals surface area contributed by atoms with Gasteiger partial charge in [0, 0.05) is 19.3 Å². The van der Waals surface area contributed by atoms with Crippen molar-refractivity contribution in [3.63, 3.8) is 0 Å². The van der Waals surface area contributed by atoms with Crippen LogP contribution in [0.5, 0.6) is 0 Å². The highest BCUT2D eigenvalue weighted by Crippen LogP contribution is 2.18. The Morgan fingerprint density at radius 3 is 0.846 bits per heavy atom. The zero-order valence-electron chi connectivity index (χ0n) is 52.2. The van der Waals surface area contributed by atoms with Crippen LogP contribution in [-0.2, 0) is 28.6 Å². The van der Waals surface area contributed by atoms with Crippen LogP contribution in [0.3, 0.4) is 0 Å². The predicted octanol–water partition coefficient (Wildman–Crippen LogP) is 23.5. The van der Waals surface area contributed by atoms with E-state index >= 15 is 0 Å². The second-order valence-corrected chi connectivity index (χ2v) is 23.1. The van der Waals surface area contributed by atoms with Gasteiger partial charge in [0.15, 0.2) is 6.10 Å². The first-order valence-electron chi connectivity index (χ1n) is 34.3. The van der Waals surface area contributed by atoms with Gasteiger partial charge in [-0.25, -0.2) is 0 Å². The highest BCUT2D eigenvalue weighted by molar-refractivity contribution is 5.71. The standard InChI is InChI=1S/C72H130O6/c1-4-7-10-13-16-19-22-24-26-28-30-32-33-34-35-36-37-38-39-41-42-44-46-48-50-53-56-59-62-65-71(74)77-68-69(67-76-70(73)64-61-58-55-52-21-18-15-12-9-6-3)78-72(75)66-63-60-57-54-51-49-47-45-43-40-31-29-27-25-23-20-17-14-11-8-5-2/h8,11-12,15,17,20,25,27,31,40,69H,4-7,9-10,13-14,16,18-19,21-24,26,28-30,32-39,41-68H2,1-3H3/b11-8-,15-12-,20-17-,27-25-,40-31-. The van der Waals surface area contributed by atoms with E-state index in [-0.39, 0.29) is 31.1 Å². The first-order chi connectivity index (χ1) is 38.5. The van der Waals surface area contributed by atoms with Gasteiger partial charge >= 0.3 is 17.9 Å². The van der Waals surface area contributed by atoms with Crippen molar-refractivity contribution in [2.75, 3.05) is 13.2 Å². The molecule has 454 valence electrons. The third-order valence-corrected chi connectivity index (χ3v) is 15.2. The Kier molecular flexibility index (Phi) is 64.2. The van der Waals surface area contributed by atoms with E-state index in [1.807, 2.05) is 0 Å². The van der Waals surface area contributed by atoms with Crippen molar-refractivity contribution < 1.29 is 28.6 Å². The molecule has 0 heterocycles. The molecule has 0 fully saturated rings. The van der Waals surface area contributed by atoms with Crippen LogP contribution in [0.2, 0.25) is 0 Å². The third-order valence-electron chi connectivity index (χ3n) is 15.2. The molecule has 0 N–H and O–H groups in total. The first kappa shape index (κ1) is 75.1. The summed E-state index contributed by atoms with van der Waals surface area (Å²) in [5, 5.41) is 0. The zero-order valence-corrected chi connectivity index (χ0v) is 52.2. The molecule has 1 atom stereocenters. The van der Waals surface area contributed by atoms with Gasteiger partial charge in [-0.2, -0.15) is 0 Å². The summed E-state index contributed by atoms with van der Waals surface area (Å²) in [5.41, 5.74) is 0. The third kappa shape index (κ3) is 63.9. The fourth-order valence-electron chi connectivity index (χ4n) is 10.1. The SMILES string of the molecule is CC/C=C\C/C=C\C/C=C\C/C=C\CCCCCCCCCCC(=O)OC(COC(=O)CCCCCCC/C=C\CCC)COC(=O)CCCCCCCCCCCCCCCCCCCCCCCCCCCCCCC. The van der Waals surface area contributed by atoms with Crippen LogP contribution >= 0.6 is 0 Å². The fraction of sp³-hybridized carbons (Fsp3) is 0.819. The molecule has 0 aromatic carbocycles. The summed E-state index contributed by atoms with van der Waals surface area (Å²) in [7, 11) is 0. The summed E-state index contributed by atoms with van der Waals surface area (Å²) in [6.45, 7) is 6.51. The molecule has 0 bridgehead atoms. The molecule has 0 aromatic rings. The lowest BCUT2D eigenvalue weighted by molar-refractivity contribution is -0.167. The molecule has 1 unspecified atom stereocenters. The topological polar surface area (TPSA) is 78.9 Å². The highest BCUT2D eigenvalue weighted by Gasteiger charge is 2.19. The molecule has 0 aromatic heterocycles. The Balaban J connectivity index is 4.14. The minimum absolute atomic E-state index is 0.0770. The van der Waals surface area contributed by atoms with Crippen LogP contribution < -0.4 is 0 Å². The summed E-state index contributed by atoms with van der Waals surface area (Å²) < 4.78 is 16.9. The van der Waals surface area contributed by atoms with E-state index in [0.717, 1.165) is 103 Å². The monoisotopic (exact) mass is 1090 g/mol. The van der Waals surface area contributed by atoms with E-state index in [1.54, 1.807) is 0 Å². The van der Waals surface area contributed by atoms with Crippen LogP contribution in [0.15, 0.2) is 60.8 Å². The first-order valence-corrected chi connectivity index (χ1v) is 34.3. The molecule has 0 aliphatic rings. The number of carbonyl (C=O) groups excluding carboxylic acids is 3. The number of hydrogen-bond donors (Lipinski definition) is 0. The summed E-state index contributed by atoms with van der Waals surface area (Å²) in [4.78, 5) is 38.3. The second-order valence-electron chi connectivity index (χ2n) is 23.1. The van der Waals surface area contributed by atoms with Gasteiger partial charge in [0.25, 0.3) is 0 Å². The fourth-order valence-corrected chi connectivity index (χ4v) is 10.1. The van der Waals surface area contributed by atoms with E-state index in [2.05, 4.69) is 81.5 Å². The van der Waals surface area contributed by atoms with Gasteiger partial charge in [-0.3, -0.25) is 14.4 Å². The molecule has 0 rings (SSSR count). The minimum Gasteiger partial charge on any atom is -0.462 e. The largest absolute Gasteiger partial charge is 0.462 e. The van der Waals surface area contributed by atoms with E-state index in [1.165, 1.54) is 218 Å². The number of carbonyl (C=O) groups is 3. The average Bonchev–Trinajstić information content (AvgIpc) is 3.44. The molecule has 0 spiro atoms. The smallest absolute Gasteiger partial charge is 0.306 e. The molecule has 6 heteroatoms. The lowest BCUT2D eigenvalue weighted by Gasteiger charge is -2.18. The van der Waals surface area contributed by atoms with Crippen molar-refractivity contribution in [1.29, 1.82) is 0 Å². The van der Waals surface area contributed by atoms with Crippen molar-refractivity contribution in [3.05, 3.63) is 60.8 Å². The van der Waals surface area contributed by atoms with Crippen molar-refractivity contribution in [3.8, 4) is 0 Å². The van der Waals surface area contributed by atoms with Crippen LogP contribution in [-0.4, -0.2) is 37.2 Å². The van der Waals surface area contributed by atoms with Crippen molar-refractivity contribution in [2.45, 2.75) is 367 Å². The molecule has 0 aliphatic heterocycles. The lowest BCUT2D eigenvalue weighted by Crippen LogP contribution is -2.30. The summed E-state index contributed by atoms with van der Waals surface area (Å²) in [5.74, 6) is -0.878. The molecule has 0 aliphatic carbocycles. The van der Waals surface area contributed by atoms with Crippen LogP contribution in [0.1, 0.15) is 361 Å². The molecular weight excluding hydrogens is 961 g/mol. The number of rotatable bonds is 63. The number of allylic oxidation sites excluding steroid dienone is 10. The van der Waals surface area contributed by atoms with Gasteiger partial charge < -0.3 is 14.2 Å². The lowest BCUT2D eigenvalue weighted by atomic mass is 10.0. The van der Waals surface area contributed by atoms with Gasteiger partial charge in [0.1, 0.15) is 13.2 Å². The Labute approximate surface area is 485 Å². The Morgan fingerprint density at radius 2 is 0.526 bits per heavy atom. The Hall–Kier alpha value is -2.89. The molecule has 0 saturated carbocycles. The number of hydrogen-bond acceptors (Lipinski definition) is 6. The maximum atomic E-state index is 12.9. The van der Waals surface area contributed by atoms with Gasteiger partial charge in [-0.15, -0.1) is 0 Å². The molecule has 0 amide bonds. The van der Waals surface area contributed by atoms with Crippen molar-refractivity contribution in [1.82, 2.24) is 0 Å². The normalized spacial score (nSPS) is 12.4. The molecule has 6 nitrogen and oxygen atoms in total. The van der Waals surface area contributed by atoms with E-state index in [9.17, 15) is 14.4 Å². The van der Waals surface area contributed by atoms with E-state index < -0.39 is 6.10 Å². The second kappa shape index (κ2) is 66.6. The van der Waals surface area contributed by atoms with Crippen molar-refractivity contribution in [2.24, 2.45) is 0 Å². The maximum absolute atomic E-state index is 12.9. The quantitative estimate of drug-likeness (QED) is 0.0261. The Morgan fingerprint density at radius 1 is 0.269 bits per heavy atom. The van der Waals surface area contributed by atoms with Gasteiger partial charge in [-0.1, -0.05) is 326 Å². The van der Waals surface area contributed by atoms with Crippen molar-refractivity contribution >= 4 is 17.9 Å². The highest BCUT2D eigenvalue weighted by atomic mass is 16.6. The number of ether oxygens (including phenoxy) is 3. The van der Waals surface area contributed by atoms with E-state index in [4.69, 9.17) is 14.2 Å². The molecule has 78 heavy (non-hydrogen) atoms.